The van der Waals surface area contributed by atoms with Gasteiger partial charge in [0.2, 0.25) is 0 Å². The molecule has 3 nitrogen and oxygen atoms in total. The lowest BCUT2D eigenvalue weighted by molar-refractivity contribution is 1.18. The number of fused-ring (bicyclic) bond motifs is 3. The van der Waals surface area contributed by atoms with Crippen LogP contribution in [0.4, 0.5) is 34.1 Å². The number of rotatable bonds is 9. The van der Waals surface area contributed by atoms with E-state index in [2.05, 4.69) is 253 Å². The van der Waals surface area contributed by atoms with Crippen LogP contribution in [-0.4, -0.2) is 4.57 Å². The summed E-state index contributed by atoms with van der Waals surface area (Å²) < 4.78 is 2.37. The molecule has 0 radical (unpaired) electrons. The zero-order valence-corrected chi connectivity index (χ0v) is 33.2. The molecule has 0 aliphatic carbocycles. The summed E-state index contributed by atoms with van der Waals surface area (Å²) in [6.07, 6.45) is 0. The molecule has 3 heteroatoms. The fourth-order valence-corrected chi connectivity index (χ4v) is 8.32. The molecule has 0 spiro atoms. The molecular formula is C56H43N3. The molecule has 0 aliphatic rings. The van der Waals surface area contributed by atoms with Gasteiger partial charge in [-0.2, -0.15) is 0 Å². The Morgan fingerprint density at radius 3 is 1.25 bits per heavy atom. The van der Waals surface area contributed by atoms with Crippen molar-refractivity contribution in [3.8, 4) is 27.9 Å². The Hall–Kier alpha value is -7.62. The first-order valence-electron chi connectivity index (χ1n) is 20.3. The van der Waals surface area contributed by atoms with Gasteiger partial charge in [0.15, 0.2) is 0 Å². The van der Waals surface area contributed by atoms with E-state index in [9.17, 15) is 0 Å². The minimum atomic E-state index is 1.07. The first kappa shape index (κ1) is 35.8. The smallest absolute Gasteiger partial charge is 0.0541 e. The van der Waals surface area contributed by atoms with Crippen molar-refractivity contribution in [2.75, 3.05) is 9.80 Å². The zero-order valence-electron chi connectivity index (χ0n) is 33.2. The molecule has 9 aromatic carbocycles. The predicted octanol–water partition coefficient (Wildman–Crippen LogP) is 15.7. The average molecular weight is 758 g/mol. The Morgan fingerprint density at radius 2 is 0.712 bits per heavy atom. The topological polar surface area (TPSA) is 11.4 Å². The molecule has 0 aliphatic heterocycles. The third-order valence-corrected chi connectivity index (χ3v) is 11.3. The summed E-state index contributed by atoms with van der Waals surface area (Å²) in [6, 6.07) is 81.2. The van der Waals surface area contributed by atoms with E-state index in [0.717, 1.165) is 45.3 Å². The molecule has 10 aromatic rings. The van der Waals surface area contributed by atoms with Crippen LogP contribution >= 0.6 is 0 Å². The summed E-state index contributed by atoms with van der Waals surface area (Å²) in [5.74, 6) is 0. The Bertz CT molecular complexity index is 2920. The molecule has 0 atom stereocenters. The molecule has 59 heavy (non-hydrogen) atoms. The van der Waals surface area contributed by atoms with Gasteiger partial charge in [0.25, 0.3) is 0 Å². The highest BCUT2D eigenvalue weighted by atomic mass is 15.2. The van der Waals surface area contributed by atoms with Crippen LogP contribution in [0.25, 0.3) is 49.7 Å². The van der Waals surface area contributed by atoms with Crippen molar-refractivity contribution in [3.05, 3.63) is 236 Å². The average Bonchev–Trinajstić information content (AvgIpc) is 3.63. The van der Waals surface area contributed by atoms with Crippen LogP contribution < -0.4 is 9.80 Å². The molecule has 1 aromatic heterocycles. The molecule has 0 fully saturated rings. The second-order valence-electron chi connectivity index (χ2n) is 15.2. The normalized spacial score (nSPS) is 11.2. The molecule has 0 saturated carbocycles. The first-order valence-corrected chi connectivity index (χ1v) is 20.3. The number of benzene rings is 9. The Labute approximate surface area is 346 Å². The van der Waals surface area contributed by atoms with Gasteiger partial charge in [-0.3, -0.25) is 0 Å². The highest BCUT2D eigenvalue weighted by molar-refractivity contribution is 6.10. The van der Waals surface area contributed by atoms with E-state index in [4.69, 9.17) is 0 Å². The number of hydrogen-bond donors (Lipinski definition) is 0. The Morgan fingerprint density at radius 1 is 0.288 bits per heavy atom. The number of nitrogens with zero attached hydrogens (tertiary/aromatic N) is 3. The van der Waals surface area contributed by atoms with Crippen LogP contribution in [0, 0.1) is 13.8 Å². The molecule has 282 valence electrons. The van der Waals surface area contributed by atoms with Gasteiger partial charge in [0, 0.05) is 50.6 Å². The summed E-state index contributed by atoms with van der Waals surface area (Å²) in [6.45, 7) is 4.28. The fourth-order valence-electron chi connectivity index (χ4n) is 8.32. The number of para-hydroxylation sites is 4. The van der Waals surface area contributed by atoms with E-state index in [0.29, 0.717) is 0 Å². The summed E-state index contributed by atoms with van der Waals surface area (Å²) in [7, 11) is 0. The van der Waals surface area contributed by atoms with Crippen molar-refractivity contribution in [3.63, 3.8) is 0 Å². The minimum Gasteiger partial charge on any atom is -0.310 e. The van der Waals surface area contributed by atoms with Gasteiger partial charge in [-0.25, -0.2) is 0 Å². The van der Waals surface area contributed by atoms with E-state index in [1.165, 1.54) is 49.7 Å². The minimum absolute atomic E-state index is 1.07. The van der Waals surface area contributed by atoms with Crippen molar-refractivity contribution in [2.45, 2.75) is 13.8 Å². The quantitative estimate of drug-likeness (QED) is 0.145. The second-order valence-corrected chi connectivity index (χ2v) is 15.2. The molecule has 10 rings (SSSR count). The summed E-state index contributed by atoms with van der Waals surface area (Å²) in [5.41, 5.74) is 17.2. The van der Waals surface area contributed by atoms with Crippen molar-refractivity contribution in [2.24, 2.45) is 0 Å². The highest BCUT2D eigenvalue weighted by Crippen LogP contribution is 2.44. The van der Waals surface area contributed by atoms with Crippen LogP contribution in [0.5, 0.6) is 0 Å². The number of anilines is 6. The van der Waals surface area contributed by atoms with Gasteiger partial charge in [-0.1, -0.05) is 139 Å². The van der Waals surface area contributed by atoms with Crippen LogP contribution in [0.15, 0.2) is 224 Å². The van der Waals surface area contributed by atoms with Crippen molar-refractivity contribution in [1.82, 2.24) is 4.57 Å². The maximum absolute atomic E-state index is 2.37. The lowest BCUT2D eigenvalue weighted by atomic mass is 9.97. The van der Waals surface area contributed by atoms with E-state index < -0.39 is 0 Å². The zero-order chi connectivity index (χ0) is 39.7. The molecule has 0 unspecified atom stereocenters. The van der Waals surface area contributed by atoms with E-state index in [1.54, 1.807) is 0 Å². The Balaban J connectivity index is 1.12. The summed E-state index contributed by atoms with van der Waals surface area (Å²) in [5, 5.41) is 2.50. The molecule has 0 N–H and O–H groups in total. The third-order valence-electron chi connectivity index (χ3n) is 11.3. The maximum Gasteiger partial charge on any atom is 0.0541 e. The summed E-state index contributed by atoms with van der Waals surface area (Å²) in [4.78, 5) is 4.72. The maximum atomic E-state index is 2.37. The van der Waals surface area contributed by atoms with Crippen molar-refractivity contribution in [1.29, 1.82) is 0 Å². The van der Waals surface area contributed by atoms with Crippen LogP contribution in [0.3, 0.4) is 0 Å². The van der Waals surface area contributed by atoms with Crippen LogP contribution in [-0.2, 0) is 0 Å². The molecule has 0 bridgehead atoms. The lowest BCUT2D eigenvalue weighted by Crippen LogP contribution is -2.13. The van der Waals surface area contributed by atoms with Crippen LogP contribution in [0.1, 0.15) is 11.1 Å². The second kappa shape index (κ2) is 15.4. The predicted molar refractivity (Wildman–Crippen MR) is 250 cm³/mol. The van der Waals surface area contributed by atoms with Crippen molar-refractivity contribution >= 4 is 55.9 Å². The molecular weight excluding hydrogens is 715 g/mol. The van der Waals surface area contributed by atoms with Gasteiger partial charge in [-0.15, -0.1) is 0 Å². The Kier molecular flexibility index (Phi) is 9.32. The van der Waals surface area contributed by atoms with Crippen LogP contribution in [0.2, 0.25) is 0 Å². The summed E-state index contributed by atoms with van der Waals surface area (Å²) >= 11 is 0. The number of hydrogen-bond acceptors (Lipinski definition) is 2. The lowest BCUT2D eigenvalue weighted by Gasteiger charge is -2.30. The molecule has 0 saturated heterocycles. The van der Waals surface area contributed by atoms with Crippen molar-refractivity contribution < 1.29 is 0 Å². The van der Waals surface area contributed by atoms with Gasteiger partial charge in [0.05, 0.1) is 11.0 Å². The molecule has 1 heterocycles. The standard InChI is InChI=1S/C56H43N3/c1-40-22-31-49(32-23-40)57(46-14-6-3-7-15-46)51-36-45(37-52(39-51)58(47-16-8-4-9-17-47)50-33-24-41(2)25-34-50)43-28-26-42(27-29-43)44-30-35-56-54(38-44)53-20-12-13-21-55(53)59(56)48-18-10-5-11-19-48/h3-39H,1-2H3. The molecule has 0 amide bonds. The number of aromatic nitrogens is 1. The van der Waals surface area contributed by atoms with Gasteiger partial charge in [0.1, 0.15) is 0 Å². The van der Waals surface area contributed by atoms with E-state index in [1.807, 2.05) is 0 Å². The van der Waals surface area contributed by atoms with E-state index in [-0.39, 0.29) is 0 Å². The SMILES string of the molecule is Cc1ccc(N(c2ccccc2)c2cc(-c3ccc(-c4ccc5c(c4)c4ccccc4n5-c4ccccc4)cc3)cc(N(c3ccccc3)c3ccc(C)cc3)c2)cc1. The first-order chi connectivity index (χ1) is 29.1. The fraction of sp³-hybridized carbons (Fsp3) is 0.0357. The highest BCUT2D eigenvalue weighted by Gasteiger charge is 2.20. The van der Waals surface area contributed by atoms with Gasteiger partial charge < -0.3 is 14.4 Å². The third kappa shape index (κ3) is 6.94. The monoisotopic (exact) mass is 757 g/mol. The van der Waals surface area contributed by atoms with Gasteiger partial charge in [-0.05, 0) is 133 Å². The number of aryl methyl sites for hydroxylation is 2. The largest absolute Gasteiger partial charge is 0.310 e. The van der Waals surface area contributed by atoms with E-state index >= 15 is 0 Å². The van der Waals surface area contributed by atoms with Gasteiger partial charge >= 0.3 is 0 Å².